The quantitative estimate of drug-likeness (QED) is 0.716. The molecule has 3 rings (SSSR count). The minimum Gasteiger partial charge on any atom is -0.321 e. The number of benzene rings is 2. The Balaban J connectivity index is 1.77. The van der Waals surface area contributed by atoms with E-state index >= 15 is 0 Å². The zero-order valence-corrected chi connectivity index (χ0v) is 17.4. The Morgan fingerprint density at radius 3 is 2.07 bits per heavy atom. The van der Waals surface area contributed by atoms with Gasteiger partial charge in [-0.15, -0.1) is 0 Å². The van der Waals surface area contributed by atoms with Crippen molar-refractivity contribution in [2.75, 3.05) is 5.32 Å². The van der Waals surface area contributed by atoms with Crippen molar-refractivity contribution >= 4 is 23.4 Å². The zero-order chi connectivity index (χ0) is 21.1. The maximum Gasteiger partial charge on any atom is 0.255 e. The molecule has 1 unspecified atom stereocenters. The Labute approximate surface area is 171 Å². The smallest absolute Gasteiger partial charge is 0.255 e. The van der Waals surface area contributed by atoms with Crippen LogP contribution in [0.3, 0.4) is 0 Å². The lowest BCUT2D eigenvalue weighted by molar-refractivity contribution is -0.125. The minimum absolute atomic E-state index is 0.152. The van der Waals surface area contributed by atoms with Crippen molar-refractivity contribution in [1.29, 1.82) is 0 Å². The van der Waals surface area contributed by atoms with Gasteiger partial charge in [-0.1, -0.05) is 58.0 Å². The number of hydrogen-bond donors (Lipinski definition) is 2. The molecular weight excluding hydrogens is 364 g/mol. The standard InChI is InChI=1S/C24H28N2O3/c1-14(2)19-6-5-7-20(15(3)4)22(19)26-23(28)17-10-8-16(9-11-17)12-18-13-21(27)25-24(18)29/h5-11,14-15,18H,12-13H2,1-4H3,(H,26,28)(H,25,27,29). The van der Waals surface area contributed by atoms with Crippen molar-refractivity contribution in [3.05, 3.63) is 64.7 Å². The van der Waals surface area contributed by atoms with Gasteiger partial charge in [-0.3, -0.25) is 19.7 Å². The van der Waals surface area contributed by atoms with Crippen LogP contribution in [-0.2, 0) is 16.0 Å². The monoisotopic (exact) mass is 392 g/mol. The van der Waals surface area contributed by atoms with E-state index < -0.39 is 0 Å². The van der Waals surface area contributed by atoms with E-state index in [1.165, 1.54) is 0 Å². The van der Waals surface area contributed by atoms with Crippen LogP contribution in [0.1, 0.15) is 73.0 Å². The van der Waals surface area contributed by atoms with Gasteiger partial charge >= 0.3 is 0 Å². The second-order valence-corrected chi connectivity index (χ2v) is 8.29. The van der Waals surface area contributed by atoms with E-state index in [4.69, 9.17) is 0 Å². The largest absolute Gasteiger partial charge is 0.321 e. The number of para-hydroxylation sites is 1. The highest BCUT2D eigenvalue weighted by Crippen LogP contribution is 2.32. The summed E-state index contributed by atoms with van der Waals surface area (Å²) in [5.74, 6) is -0.323. The maximum atomic E-state index is 12.9. The van der Waals surface area contributed by atoms with Crippen molar-refractivity contribution in [2.45, 2.75) is 52.4 Å². The van der Waals surface area contributed by atoms with Crippen LogP contribution in [0.25, 0.3) is 0 Å². The van der Waals surface area contributed by atoms with Gasteiger partial charge in [0.25, 0.3) is 5.91 Å². The fraction of sp³-hybridized carbons (Fsp3) is 0.375. The number of rotatable bonds is 6. The summed E-state index contributed by atoms with van der Waals surface area (Å²) < 4.78 is 0. The molecular formula is C24H28N2O3. The molecule has 2 N–H and O–H groups in total. The molecule has 1 saturated heterocycles. The van der Waals surface area contributed by atoms with Gasteiger partial charge < -0.3 is 5.32 Å². The van der Waals surface area contributed by atoms with Gasteiger partial charge in [-0.2, -0.15) is 0 Å². The van der Waals surface area contributed by atoms with Gasteiger partial charge in [0, 0.05) is 17.7 Å². The lowest BCUT2D eigenvalue weighted by Crippen LogP contribution is -2.22. The minimum atomic E-state index is -0.325. The number of anilines is 1. The van der Waals surface area contributed by atoms with E-state index in [0.29, 0.717) is 23.8 Å². The summed E-state index contributed by atoms with van der Waals surface area (Å²) in [5, 5.41) is 5.45. The molecule has 29 heavy (non-hydrogen) atoms. The summed E-state index contributed by atoms with van der Waals surface area (Å²) in [6, 6.07) is 13.4. The SMILES string of the molecule is CC(C)c1cccc(C(C)C)c1NC(=O)c1ccc(CC2CC(=O)NC2=O)cc1. The first kappa shape index (κ1) is 20.8. The Bertz CT molecular complexity index is 903. The normalized spacial score (nSPS) is 16.4. The van der Waals surface area contributed by atoms with Crippen LogP contribution in [0.5, 0.6) is 0 Å². The van der Waals surface area contributed by atoms with Crippen LogP contribution in [0.15, 0.2) is 42.5 Å². The molecule has 5 nitrogen and oxygen atoms in total. The van der Waals surface area contributed by atoms with Gasteiger partial charge in [0.1, 0.15) is 0 Å². The molecule has 1 aliphatic rings. The van der Waals surface area contributed by atoms with Gasteiger partial charge in [-0.05, 0) is 47.1 Å². The van der Waals surface area contributed by atoms with Crippen LogP contribution >= 0.6 is 0 Å². The third kappa shape index (κ3) is 4.73. The van der Waals surface area contributed by atoms with Gasteiger partial charge in [-0.25, -0.2) is 0 Å². The van der Waals surface area contributed by atoms with Crippen molar-refractivity contribution < 1.29 is 14.4 Å². The molecule has 0 aromatic heterocycles. The Morgan fingerprint density at radius 1 is 1.00 bits per heavy atom. The third-order valence-corrected chi connectivity index (χ3v) is 5.37. The van der Waals surface area contributed by atoms with Crippen LogP contribution in [0, 0.1) is 5.92 Å². The highest BCUT2D eigenvalue weighted by atomic mass is 16.2. The molecule has 0 saturated carbocycles. The molecule has 3 amide bonds. The molecule has 0 radical (unpaired) electrons. The molecule has 0 aliphatic carbocycles. The molecule has 152 valence electrons. The first-order valence-electron chi connectivity index (χ1n) is 10.1. The van der Waals surface area contributed by atoms with E-state index in [1.807, 2.05) is 18.2 Å². The van der Waals surface area contributed by atoms with Crippen LogP contribution in [0.4, 0.5) is 5.69 Å². The van der Waals surface area contributed by atoms with E-state index in [9.17, 15) is 14.4 Å². The Morgan fingerprint density at radius 2 is 1.59 bits per heavy atom. The molecule has 1 atom stereocenters. The molecule has 0 bridgehead atoms. The van der Waals surface area contributed by atoms with Crippen LogP contribution < -0.4 is 10.6 Å². The summed E-state index contributed by atoms with van der Waals surface area (Å²) in [5.41, 5.74) is 4.64. The molecule has 1 aliphatic heterocycles. The molecule has 5 heteroatoms. The summed E-state index contributed by atoms with van der Waals surface area (Å²) >= 11 is 0. The molecule has 2 aromatic rings. The predicted octanol–water partition coefficient (Wildman–Crippen LogP) is 4.39. The first-order chi connectivity index (χ1) is 13.8. The second-order valence-electron chi connectivity index (χ2n) is 8.29. The van der Waals surface area contributed by atoms with Crippen LogP contribution in [0.2, 0.25) is 0 Å². The predicted molar refractivity (Wildman–Crippen MR) is 114 cm³/mol. The molecule has 1 fully saturated rings. The van der Waals surface area contributed by atoms with E-state index in [2.05, 4.69) is 50.5 Å². The second kappa shape index (κ2) is 8.60. The van der Waals surface area contributed by atoms with Gasteiger partial charge in [0.2, 0.25) is 11.8 Å². The molecule has 1 heterocycles. The van der Waals surface area contributed by atoms with Crippen molar-refractivity contribution in [2.24, 2.45) is 5.92 Å². The summed E-state index contributed by atoms with van der Waals surface area (Å²) in [4.78, 5) is 36.0. The summed E-state index contributed by atoms with van der Waals surface area (Å²) in [7, 11) is 0. The van der Waals surface area contributed by atoms with E-state index in [0.717, 1.165) is 22.4 Å². The number of hydrogen-bond acceptors (Lipinski definition) is 3. The van der Waals surface area contributed by atoms with E-state index in [-0.39, 0.29) is 30.1 Å². The van der Waals surface area contributed by atoms with Crippen molar-refractivity contribution in [3.8, 4) is 0 Å². The van der Waals surface area contributed by atoms with Crippen LogP contribution in [-0.4, -0.2) is 17.7 Å². The van der Waals surface area contributed by atoms with E-state index in [1.54, 1.807) is 12.1 Å². The fourth-order valence-corrected chi connectivity index (χ4v) is 3.73. The lowest BCUT2D eigenvalue weighted by Gasteiger charge is -2.20. The van der Waals surface area contributed by atoms with Gasteiger partial charge in [0.15, 0.2) is 0 Å². The highest BCUT2D eigenvalue weighted by molar-refractivity contribution is 6.05. The fourth-order valence-electron chi connectivity index (χ4n) is 3.73. The summed E-state index contributed by atoms with van der Waals surface area (Å²) in [6.07, 6.45) is 0.720. The highest BCUT2D eigenvalue weighted by Gasteiger charge is 2.30. The zero-order valence-electron chi connectivity index (χ0n) is 17.4. The number of imide groups is 1. The molecule has 2 aromatic carbocycles. The average Bonchev–Trinajstić information content (AvgIpc) is 2.98. The van der Waals surface area contributed by atoms with Crippen molar-refractivity contribution in [1.82, 2.24) is 5.32 Å². The van der Waals surface area contributed by atoms with Gasteiger partial charge in [0.05, 0.1) is 5.92 Å². The number of amides is 3. The van der Waals surface area contributed by atoms with Crippen molar-refractivity contribution in [3.63, 3.8) is 0 Å². The third-order valence-electron chi connectivity index (χ3n) is 5.37. The number of carbonyl (C=O) groups excluding carboxylic acids is 3. The average molecular weight is 392 g/mol. The summed E-state index contributed by atoms with van der Waals surface area (Å²) in [6.45, 7) is 8.48. The number of carbonyl (C=O) groups is 3. The molecule has 0 spiro atoms. The Hall–Kier alpha value is -2.95. The first-order valence-corrected chi connectivity index (χ1v) is 10.1. The maximum absolute atomic E-state index is 12.9. The lowest BCUT2D eigenvalue weighted by atomic mass is 9.92. The Kier molecular flexibility index (Phi) is 6.16. The topological polar surface area (TPSA) is 75.3 Å². The number of nitrogens with one attached hydrogen (secondary N) is 2.